The van der Waals surface area contributed by atoms with E-state index in [-0.39, 0.29) is 0 Å². The molecular formula is C19H19ClN2O. The van der Waals surface area contributed by atoms with E-state index in [4.69, 9.17) is 16.3 Å². The van der Waals surface area contributed by atoms with Crippen molar-refractivity contribution in [2.75, 3.05) is 20.1 Å². The number of hydrogen-bond acceptors (Lipinski definition) is 3. The molecule has 0 radical (unpaired) electrons. The second-order valence-electron chi connectivity index (χ2n) is 6.08. The summed E-state index contributed by atoms with van der Waals surface area (Å²) in [5.41, 5.74) is 0.630. The van der Waals surface area contributed by atoms with Gasteiger partial charge >= 0.3 is 0 Å². The Kier molecular flexibility index (Phi) is 4.56. The minimum Gasteiger partial charge on any atom is -0.457 e. The van der Waals surface area contributed by atoms with Crippen LogP contribution in [0.4, 0.5) is 0 Å². The summed E-state index contributed by atoms with van der Waals surface area (Å²) >= 11 is 5.89. The van der Waals surface area contributed by atoms with Crippen LogP contribution in [0.5, 0.6) is 11.5 Å². The lowest BCUT2D eigenvalue weighted by molar-refractivity contribution is 0.222. The minimum atomic E-state index is -0.411. The molecule has 2 aromatic carbocycles. The van der Waals surface area contributed by atoms with Crippen molar-refractivity contribution in [2.45, 2.75) is 18.3 Å². The van der Waals surface area contributed by atoms with Gasteiger partial charge in [0.2, 0.25) is 0 Å². The number of ether oxygens (including phenoxy) is 1. The Morgan fingerprint density at radius 2 is 1.78 bits per heavy atom. The van der Waals surface area contributed by atoms with Crippen molar-refractivity contribution < 1.29 is 4.74 Å². The van der Waals surface area contributed by atoms with Crippen LogP contribution in [0.2, 0.25) is 5.02 Å². The number of benzene rings is 2. The summed E-state index contributed by atoms with van der Waals surface area (Å²) in [5.74, 6) is 1.49. The van der Waals surface area contributed by atoms with Gasteiger partial charge in [-0.1, -0.05) is 23.7 Å². The van der Waals surface area contributed by atoms with Crippen molar-refractivity contribution in [1.29, 1.82) is 5.26 Å². The SMILES string of the molecule is CN1CCC(C#N)(c2cccc(Oc3ccc(Cl)cc3)c2)CC1. The van der Waals surface area contributed by atoms with E-state index >= 15 is 0 Å². The topological polar surface area (TPSA) is 36.3 Å². The molecule has 1 aliphatic rings. The second-order valence-corrected chi connectivity index (χ2v) is 6.52. The largest absolute Gasteiger partial charge is 0.457 e. The van der Waals surface area contributed by atoms with Crippen LogP contribution in [0.3, 0.4) is 0 Å². The van der Waals surface area contributed by atoms with Gasteiger partial charge in [0, 0.05) is 5.02 Å². The number of halogens is 1. The summed E-state index contributed by atoms with van der Waals surface area (Å²) in [6.07, 6.45) is 1.70. The van der Waals surface area contributed by atoms with Crippen LogP contribution in [-0.2, 0) is 5.41 Å². The first-order chi connectivity index (χ1) is 11.1. The summed E-state index contributed by atoms with van der Waals surface area (Å²) in [4.78, 5) is 2.27. The molecule has 23 heavy (non-hydrogen) atoms. The monoisotopic (exact) mass is 326 g/mol. The Bertz CT molecular complexity index is 713. The molecule has 0 N–H and O–H groups in total. The van der Waals surface area contributed by atoms with Crippen LogP contribution in [-0.4, -0.2) is 25.0 Å². The molecule has 1 fully saturated rings. The highest BCUT2D eigenvalue weighted by atomic mass is 35.5. The molecule has 118 valence electrons. The van der Waals surface area contributed by atoms with Gasteiger partial charge in [-0.2, -0.15) is 5.26 Å². The minimum absolute atomic E-state index is 0.411. The second kappa shape index (κ2) is 6.62. The van der Waals surface area contributed by atoms with Gasteiger partial charge in [-0.25, -0.2) is 0 Å². The predicted octanol–water partition coefficient (Wildman–Crippen LogP) is 4.62. The van der Waals surface area contributed by atoms with Crippen LogP contribution < -0.4 is 4.74 Å². The normalized spacial score (nSPS) is 17.4. The first-order valence-electron chi connectivity index (χ1n) is 7.75. The maximum absolute atomic E-state index is 9.77. The van der Waals surface area contributed by atoms with Crippen molar-refractivity contribution >= 4 is 11.6 Å². The zero-order valence-corrected chi connectivity index (χ0v) is 13.9. The van der Waals surface area contributed by atoms with Crippen LogP contribution >= 0.6 is 11.6 Å². The molecule has 0 saturated carbocycles. The third-order valence-corrected chi connectivity index (χ3v) is 4.74. The molecule has 0 atom stereocenters. The van der Waals surface area contributed by atoms with Gasteiger partial charge < -0.3 is 9.64 Å². The van der Waals surface area contributed by atoms with E-state index in [0.717, 1.165) is 43.0 Å². The van der Waals surface area contributed by atoms with Crippen molar-refractivity contribution in [3.63, 3.8) is 0 Å². The lowest BCUT2D eigenvalue weighted by Crippen LogP contribution is -2.39. The molecule has 0 spiro atoms. The number of nitrogens with zero attached hydrogens (tertiary/aromatic N) is 2. The van der Waals surface area contributed by atoms with E-state index in [1.54, 1.807) is 12.1 Å². The van der Waals surface area contributed by atoms with E-state index in [1.807, 2.05) is 36.4 Å². The summed E-state index contributed by atoms with van der Waals surface area (Å²) in [6, 6.07) is 17.7. The molecule has 0 amide bonds. The standard InChI is InChI=1S/C19H19ClN2O/c1-22-11-9-19(14-21,10-12-22)15-3-2-4-18(13-15)23-17-7-5-16(20)6-8-17/h2-8,13H,9-12H2,1H3. The van der Waals surface area contributed by atoms with Crippen molar-refractivity contribution in [2.24, 2.45) is 0 Å². The summed E-state index contributed by atoms with van der Waals surface area (Å²) < 4.78 is 5.90. The molecule has 0 aromatic heterocycles. The Labute approximate surface area is 142 Å². The summed E-state index contributed by atoms with van der Waals surface area (Å²) in [5, 5.41) is 10.4. The third kappa shape index (κ3) is 3.50. The van der Waals surface area contributed by atoms with Gasteiger partial charge in [0.25, 0.3) is 0 Å². The van der Waals surface area contributed by atoms with E-state index in [1.165, 1.54) is 0 Å². The first kappa shape index (κ1) is 15.9. The van der Waals surface area contributed by atoms with Gasteiger partial charge in [0.15, 0.2) is 0 Å². The maximum Gasteiger partial charge on any atom is 0.127 e. The Hall–Kier alpha value is -2.02. The summed E-state index contributed by atoms with van der Waals surface area (Å²) in [7, 11) is 2.10. The molecular weight excluding hydrogens is 308 g/mol. The van der Waals surface area contributed by atoms with Gasteiger partial charge in [-0.3, -0.25) is 0 Å². The van der Waals surface area contributed by atoms with Gasteiger partial charge in [0.1, 0.15) is 11.5 Å². The summed E-state index contributed by atoms with van der Waals surface area (Å²) in [6.45, 7) is 1.88. The molecule has 2 aromatic rings. The Morgan fingerprint density at radius 1 is 1.09 bits per heavy atom. The van der Waals surface area contributed by atoms with Crippen LogP contribution in [0.25, 0.3) is 0 Å². The number of piperidine rings is 1. The smallest absolute Gasteiger partial charge is 0.127 e. The molecule has 1 saturated heterocycles. The molecule has 0 bridgehead atoms. The molecule has 4 heteroatoms. The lowest BCUT2D eigenvalue weighted by Gasteiger charge is -2.35. The van der Waals surface area contributed by atoms with Crippen molar-refractivity contribution in [1.82, 2.24) is 4.90 Å². The quantitative estimate of drug-likeness (QED) is 0.825. The number of hydrogen-bond donors (Lipinski definition) is 0. The molecule has 1 aliphatic heterocycles. The third-order valence-electron chi connectivity index (χ3n) is 4.49. The lowest BCUT2D eigenvalue weighted by atomic mass is 9.74. The van der Waals surface area contributed by atoms with E-state index in [9.17, 15) is 5.26 Å². The number of rotatable bonds is 3. The van der Waals surface area contributed by atoms with E-state index < -0.39 is 5.41 Å². The molecule has 0 unspecified atom stereocenters. The molecule has 3 nitrogen and oxygen atoms in total. The predicted molar refractivity (Wildman–Crippen MR) is 92.0 cm³/mol. The van der Waals surface area contributed by atoms with Gasteiger partial charge in [-0.05, 0) is 74.9 Å². The molecule has 0 aliphatic carbocycles. The number of nitriles is 1. The average molecular weight is 327 g/mol. The van der Waals surface area contributed by atoms with Crippen molar-refractivity contribution in [3.8, 4) is 17.6 Å². The fourth-order valence-electron chi connectivity index (χ4n) is 2.96. The van der Waals surface area contributed by atoms with Crippen LogP contribution in [0.1, 0.15) is 18.4 Å². The van der Waals surface area contributed by atoms with Gasteiger partial charge in [0.05, 0.1) is 11.5 Å². The zero-order chi connectivity index (χ0) is 16.3. The Morgan fingerprint density at radius 3 is 2.43 bits per heavy atom. The van der Waals surface area contributed by atoms with Crippen LogP contribution in [0.15, 0.2) is 48.5 Å². The average Bonchev–Trinajstić information content (AvgIpc) is 2.58. The highest BCUT2D eigenvalue weighted by Crippen LogP contribution is 2.36. The molecule has 3 rings (SSSR count). The highest BCUT2D eigenvalue weighted by Gasteiger charge is 2.35. The Balaban J connectivity index is 1.84. The molecule has 1 heterocycles. The van der Waals surface area contributed by atoms with Crippen molar-refractivity contribution in [3.05, 3.63) is 59.1 Å². The fraction of sp³-hybridized carbons (Fsp3) is 0.316. The zero-order valence-electron chi connectivity index (χ0n) is 13.1. The number of likely N-dealkylation sites (tertiary alicyclic amines) is 1. The van der Waals surface area contributed by atoms with Crippen LogP contribution in [0, 0.1) is 11.3 Å². The van der Waals surface area contributed by atoms with Gasteiger partial charge in [-0.15, -0.1) is 0 Å². The van der Waals surface area contributed by atoms with E-state index in [2.05, 4.69) is 18.0 Å². The first-order valence-corrected chi connectivity index (χ1v) is 8.13. The fourth-order valence-corrected chi connectivity index (χ4v) is 3.09. The maximum atomic E-state index is 9.77. The van der Waals surface area contributed by atoms with E-state index in [0.29, 0.717) is 5.02 Å². The highest BCUT2D eigenvalue weighted by molar-refractivity contribution is 6.30.